The lowest BCUT2D eigenvalue weighted by molar-refractivity contribution is -0.734. The van der Waals surface area contributed by atoms with Crippen LogP contribution in [0.25, 0.3) is 0 Å². The molecule has 8 nitrogen and oxygen atoms in total. The number of benzene rings is 1. The predicted octanol–water partition coefficient (Wildman–Crippen LogP) is 2.23. The highest BCUT2D eigenvalue weighted by molar-refractivity contribution is 5.74. The van der Waals surface area contributed by atoms with Crippen molar-refractivity contribution in [2.75, 3.05) is 0 Å². The Labute approximate surface area is 174 Å². The fourth-order valence-corrected chi connectivity index (χ4v) is 2.90. The van der Waals surface area contributed by atoms with Crippen molar-refractivity contribution in [1.82, 2.24) is 0 Å². The molecule has 0 aliphatic heterocycles. The van der Waals surface area contributed by atoms with E-state index < -0.39 is 0 Å². The highest BCUT2D eigenvalue weighted by Gasteiger charge is 2.09. The average Bonchev–Trinajstić information content (AvgIpc) is 2.77. The van der Waals surface area contributed by atoms with Crippen molar-refractivity contribution in [2.45, 2.75) is 26.7 Å². The Hall–Kier alpha value is -3.62. The lowest BCUT2D eigenvalue weighted by Gasteiger charge is -2.06. The molecule has 2 heterocycles. The van der Waals surface area contributed by atoms with Crippen LogP contribution in [0.1, 0.15) is 22.5 Å². The van der Waals surface area contributed by atoms with Crippen LogP contribution in [0.15, 0.2) is 83.4 Å². The molecule has 0 aliphatic rings. The third-order valence-corrected chi connectivity index (χ3v) is 4.32. The van der Waals surface area contributed by atoms with Crippen LogP contribution in [0.5, 0.6) is 0 Å². The molecule has 0 atom stereocenters. The number of hydrogen-bond acceptors (Lipinski definition) is 6. The van der Waals surface area contributed by atoms with Gasteiger partial charge in [-0.1, -0.05) is 34.6 Å². The zero-order valence-corrected chi connectivity index (χ0v) is 16.4. The number of rotatable bonds is 10. The molecule has 0 radical (unpaired) electrons. The van der Waals surface area contributed by atoms with Gasteiger partial charge in [-0.25, -0.2) is 0 Å². The first-order chi connectivity index (χ1) is 14.8. The van der Waals surface area contributed by atoms with Crippen LogP contribution >= 0.6 is 0 Å². The maximum absolute atomic E-state index is 8.75. The largest absolute Gasteiger partial charge is 0.411 e. The Morgan fingerprint density at radius 1 is 0.700 bits per heavy atom. The van der Waals surface area contributed by atoms with Crippen LogP contribution in [-0.4, -0.2) is 22.8 Å². The van der Waals surface area contributed by atoms with Crippen molar-refractivity contribution >= 4 is 12.4 Å². The lowest BCUT2D eigenvalue weighted by atomic mass is 10.1. The quantitative estimate of drug-likeness (QED) is 0.233. The van der Waals surface area contributed by atoms with Gasteiger partial charge >= 0.3 is 0 Å². The minimum Gasteiger partial charge on any atom is -0.411 e. The van der Waals surface area contributed by atoms with Gasteiger partial charge in [-0.05, 0) is 23.3 Å². The van der Waals surface area contributed by atoms with Gasteiger partial charge in [0.1, 0.15) is 12.4 Å². The Kier molecular flexibility index (Phi) is 8.02. The molecule has 154 valence electrons. The topological polar surface area (TPSA) is 91.4 Å². The fraction of sp³-hybridized carbons (Fsp3) is 0.182. The number of ether oxygens (including phenoxy) is 2. The summed E-state index contributed by atoms with van der Waals surface area (Å²) in [5, 5.41) is 23.6. The third kappa shape index (κ3) is 6.20. The summed E-state index contributed by atoms with van der Waals surface area (Å²) in [4.78, 5) is 0. The first-order valence-electron chi connectivity index (χ1n) is 9.35. The predicted molar refractivity (Wildman–Crippen MR) is 108 cm³/mol. The van der Waals surface area contributed by atoms with E-state index in [9.17, 15) is 0 Å². The molecule has 1 aromatic carbocycles. The molecule has 0 saturated carbocycles. The van der Waals surface area contributed by atoms with Gasteiger partial charge in [-0.15, -0.1) is 0 Å². The fourth-order valence-electron chi connectivity index (χ4n) is 2.90. The number of aromatic nitrogens is 2. The van der Waals surface area contributed by atoms with Gasteiger partial charge in [0.15, 0.2) is 12.4 Å². The standard InChI is InChI=1S/C22H22N4O4/c27-23-13-21-8-1-3-10-25(21)17-29-15-19-6-5-7-20(12-19)16-30-18-26-11-4-2-9-22(26)14-24-28/h1-14H,15-18H2/p+2. The second-order valence-corrected chi connectivity index (χ2v) is 6.45. The minimum atomic E-state index is 0.336. The number of hydrogen-bond donors (Lipinski definition) is 2. The van der Waals surface area contributed by atoms with E-state index in [2.05, 4.69) is 10.3 Å². The van der Waals surface area contributed by atoms with Gasteiger partial charge in [-0.3, -0.25) is 0 Å². The molecule has 3 aromatic rings. The first kappa shape index (κ1) is 21.1. The van der Waals surface area contributed by atoms with E-state index in [4.69, 9.17) is 19.9 Å². The summed E-state index contributed by atoms with van der Waals surface area (Å²) in [6, 6.07) is 19.2. The second-order valence-electron chi connectivity index (χ2n) is 6.45. The van der Waals surface area contributed by atoms with Crippen LogP contribution in [0.3, 0.4) is 0 Å². The molecule has 2 N–H and O–H groups in total. The van der Waals surface area contributed by atoms with Crippen molar-refractivity contribution in [2.24, 2.45) is 10.3 Å². The van der Waals surface area contributed by atoms with Gasteiger partial charge in [0.2, 0.25) is 11.4 Å². The Bertz CT molecular complexity index is 931. The van der Waals surface area contributed by atoms with E-state index in [1.165, 1.54) is 12.4 Å². The van der Waals surface area contributed by atoms with Crippen molar-refractivity contribution in [3.05, 3.63) is 95.6 Å². The summed E-state index contributed by atoms with van der Waals surface area (Å²) in [5.41, 5.74) is 3.55. The molecule has 0 spiro atoms. The molecule has 0 bridgehead atoms. The maximum atomic E-state index is 8.75. The summed E-state index contributed by atoms with van der Waals surface area (Å²) < 4.78 is 15.3. The third-order valence-electron chi connectivity index (χ3n) is 4.32. The highest BCUT2D eigenvalue weighted by atomic mass is 16.5. The summed E-state index contributed by atoms with van der Waals surface area (Å²) in [6.45, 7) is 1.55. The van der Waals surface area contributed by atoms with Gasteiger partial charge in [0, 0.05) is 24.3 Å². The molecular formula is C22H24N4O4+2. The first-order valence-corrected chi connectivity index (χ1v) is 9.35. The summed E-state index contributed by atoms with van der Waals surface area (Å²) >= 11 is 0. The number of pyridine rings is 2. The zero-order chi connectivity index (χ0) is 21.0. The van der Waals surface area contributed by atoms with Crippen LogP contribution < -0.4 is 9.13 Å². The summed E-state index contributed by atoms with van der Waals surface area (Å²) in [6.07, 6.45) is 6.45. The lowest BCUT2D eigenvalue weighted by Crippen LogP contribution is -2.39. The zero-order valence-electron chi connectivity index (χ0n) is 16.4. The minimum absolute atomic E-state index is 0.336. The Balaban J connectivity index is 1.52. The molecular weight excluding hydrogens is 384 g/mol. The monoisotopic (exact) mass is 408 g/mol. The van der Waals surface area contributed by atoms with Crippen molar-refractivity contribution in [1.29, 1.82) is 0 Å². The highest BCUT2D eigenvalue weighted by Crippen LogP contribution is 2.08. The van der Waals surface area contributed by atoms with E-state index in [-0.39, 0.29) is 0 Å². The Morgan fingerprint density at radius 2 is 1.20 bits per heavy atom. The van der Waals surface area contributed by atoms with Crippen LogP contribution in [-0.2, 0) is 36.1 Å². The van der Waals surface area contributed by atoms with Crippen molar-refractivity contribution in [3.8, 4) is 0 Å². The molecule has 8 heteroatoms. The normalized spacial score (nSPS) is 11.5. The Morgan fingerprint density at radius 3 is 1.67 bits per heavy atom. The number of oxime groups is 2. The summed E-state index contributed by atoms with van der Waals surface area (Å²) in [7, 11) is 0. The average molecular weight is 408 g/mol. The molecule has 3 rings (SSSR count). The van der Waals surface area contributed by atoms with E-state index in [1.54, 1.807) is 0 Å². The maximum Gasteiger partial charge on any atom is 0.253 e. The molecule has 0 amide bonds. The van der Waals surface area contributed by atoms with E-state index in [0.29, 0.717) is 26.7 Å². The van der Waals surface area contributed by atoms with Crippen molar-refractivity contribution in [3.63, 3.8) is 0 Å². The van der Waals surface area contributed by atoms with Crippen LogP contribution in [0.2, 0.25) is 0 Å². The van der Waals surface area contributed by atoms with Gasteiger partial charge in [-0.2, -0.15) is 9.13 Å². The molecule has 0 saturated heterocycles. The van der Waals surface area contributed by atoms with E-state index in [0.717, 1.165) is 22.5 Å². The second kappa shape index (κ2) is 11.4. The SMILES string of the molecule is O/N=C/c1cccc[n+]1COCc1cccc(COC[n+]2ccccc2/C=N/O)c1. The molecule has 0 unspecified atom stereocenters. The molecule has 0 fully saturated rings. The van der Waals surface area contributed by atoms with Gasteiger partial charge in [0.25, 0.3) is 13.5 Å². The molecule has 30 heavy (non-hydrogen) atoms. The molecule has 0 aliphatic carbocycles. The number of nitrogens with zero attached hydrogens (tertiary/aromatic N) is 4. The van der Waals surface area contributed by atoms with Gasteiger partial charge in [0.05, 0.1) is 13.2 Å². The van der Waals surface area contributed by atoms with E-state index >= 15 is 0 Å². The smallest absolute Gasteiger partial charge is 0.253 e. The van der Waals surface area contributed by atoms with Gasteiger partial charge < -0.3 is 19.9 Å². The van der Waals surface area contributed by atoms with E-state index in [1.807, 2.05) is 82.2 Å². The summed E-state index contributed by atoms with van der Waals surface area (Å²) in [5.74, 6) is 0. The van der Waals surface area contributed by atoms with Crippen LogP contribution in [0.4, 0.5) is 0 Å². The van der Waals surface area contributed by atoms with Crippen LogP contribution in [0, 0.1) is 0 Å². The molecule has 2 aromatic heterocycles. The van der Waals surface area contributed by atoms with Crippen molar-refractivity contribution < 1.29 is 29.0 Å².